The summed E-state index contributed by atoms with van der Waals surface area (Å²) in [6.45, 7) is 4.69. The maximum Gasteiger partial charge on any atom is 0.261 e. The summed E-state index contributed by atoms with van der Waals surface area (Å²) in [5, 5.41) is 8.01. The first-order valence-corrected chi connectivity index (χ1v) is 9.75. The van der Waals surface area contributed by atoms with E-state index in [0.29, 0.717) is 30.1 Å². The van der Waals surface area contributed by atoms with Crippen LogP contribution in [0.5, 0.6) is 0 Å². The SMILES string of the molecule is C/C=N/Nc1nc(N2CCOCC2)c2cc(C(=O)NC3CCC3)sc2n1. The Hall–Kier alpha value is -2.26. The van der Waals surface area contributed by atoms with Crippen LogP contribution in [0.15, 0.2) is 11.2 Å². The Morgan fingerprint density at radius 3 is 2.88 bits per heavy atom. The first-order chi connectivity index (χ1) is 12.7. The summed E-state index contributed by atoms with van der Waals surface area (Å²) in [5.41, 5.74) is 2.85. The fourth-order valence-electron chi connectivity index (χ4n) is 3.02. The molecule has 0 spiro atoms. The van der Waals surface area contributed by atoms with Gasteiger partial charge in [-0.1, -0.05) is 0 Å². The molecule has 1 saturated heterocycles. The Bertz CT molecular complexity index is 826. The number of rotatable bonds is 5. The Labute approximate surface area is 155 Å². The van der Waals surface area contributed by atoms with E-state index in [2.05, 4.69) is 30.7 Å². The lowest BCUT2D eigenvalue weighted by Gasteiger charge is -2.28. The molecular formula is C17H22N6O2S. The van der Waals surface area contributed by atoms with E-state index in [-0.39, 0.29) is 5.91 Å². The van der Waals surface area contributed by atoms with Gasteiger partial charge >= 0.3 is 0 Å². The molecular weight excluding hydrogens is 352 g/mol. The van der Waals surface area contributed by atoms with Crippen LogP contribution in [-0.2, 0) is 4.74 Å². The highest BCUT2D eigenvalue weighted by molar-refractivity contribution is 7.20. The molecule has 2 aliphatic rings. The van der Waals surface area contributed by atoms with Crippen molar-refractivity contribution in [3.63, 3.8) is 0 Å². The van der Waals surface area contributed by atoms with Crippen molar-refractivity contribution in [2.24, 2.45) is 5.10 Å². The second kappa shape index (κ2) is 7.55. The van der Waals surface area contributed by atoms with Crippen molar-refractivity contribution in [3.8, 4) is 0 Å². The van der Waals surface area contributed by atoms with Gasteiger partial charge in [-0.05, 0) is 32.3 Å². The van der Waals surface area contributed by atoms with Crippen LogP contribution >= 0.6 is 11.3 Å². The van der Waals surface area contributed by atoms with Gasteiger partial charge < -0.3 is 15.0 Å². The molecule has 0 atom stereocenters. The van der Waals surface area contributed by atoms with E-state index in [9.17, 15) is 4.79 Å². The number of hydrogen-bond acceptors (Lipinski definition) is 8. The van der Waals surface area contributed by atoms with Crippen LogP contribution in [0.4, 0.5) is 11.8 Å². The summed E-state index contributed by atoms with van der Waals surface area (Å²) in [7, 11) is 0. The molecule has 9 heteroatoms. The minimum Gasteiger partial charge on any atom is -0.378 e. The lowest BCUT2D eigenvalue weighted by molar-refractivity contribution is 0.0921. The van der Waals surface area contributed by atoms with Gasteiger partial charge in [0, 0.05) is 25.3 Å². The van der Waals surface area contributed by atoms with Gasteiger partial charge in [-0.25, -0.2) is 10.4 Å². The van der Waals surface area contributed by atoms with Crippen LogP contribution in [-0.4, -0.2) is 54.4 Å². The number of thiophene rings is 1. The van der Waals surface area contributed by atoms with Crippen molar-refractivity contribution >= 4 is 45.4 Å². The number of carbonyl (C=O) groups excluding carboxylic acids is 1. The van der Waals surface area contributed by atoms with E-state index >= 15 is 0 Å². The van der Waals surface area contributed by atoms with Crippen molar-refractivity contribution in [2.75, 3.05) is 36.6 Å². The van der Waals surface area contributed by atoms with E-state index in [1.54, 1.807) is 6.21 Å². The van der Waals surface area contributed by atoms with Crippen molar-refractivity contribution in [1.82, 2.24) is 15.3 Å². The minimum absolute atomic E-state index is 0.0216. The van der Waals surface area contributed by atoms with E-state index in [1.807, 2.05) is 13.0 Å². The van der Waals surface area contributed by atoms with Gasteiger partial charge in [0.1, 0.15) is 10.6 Å². The lowest BCUT2D eigenvalue weighted by Crippen LogP contribution is -2.39. The first-order valence-electron chi connectivity index (χ1n) is 8.93. The molecule has 2 aromatic rings. The Morgan fingerprint density at radius 1 is 1.38 bits per heavy atom. The number of nitrogens with one attached hydrogen (secondary N) is 2. The Kier molecular flexibility index (Phi) is 4.98. The minimum atomic E-state index is -0.0216. The van der Waals surface area contributed by atoms with Gasteiger partial charge in [0.05, 0.1) is 23.5 Å². The van der Waals surface area contributed by atoms with Gasteiger partial charge in [-0.15, -0.1) is 11.3 Å². The molecule has 0 unspecified atom stereocenters. The highest BCUT2D eigenvalue weighted by Crippen LogP contribution is 2.33. The van der Waals surface area contributed by atoms with Gasteiger partial charge in [0.25, 0.3) is 5.91 Å². The average Bonchev–Trinajstić information content (AvgIpc) is 3.07. The van der Waals surface area contributed by atoms with Crippen LogP contribution in [0.2, 0.25) is 0 Å². The molecule has 0 bridgehead atoms. The summed E-state index contributed by atoms with van der Waals surface area (Å²) >= 11 is 1.39. The summed E-state index contributed by atoms with van der Waals surface area (Å²) in [5.74, 6) is 1.24. The predicted molar refractivity (Wildman–Crippen MR) is 103 cm³/mol. The topological polar surface area (TPSA) is 91.7 Å². The molecule has 0 radical (unpaired) electrons. The van der Waals surface area contributed by atoms with E-state index < -0.39 is 0 Å². The van der Waals surface area contributed by atoms with Crippen molar-refractivity contribution in [2.45, 2.75) is 32.2 Å². The van der Waals surface area contributed by atoms with E-state index in [1.165, 1.54) is 17.8 Å². The van der Waals surface area contributed by atoms with Crippen LogP contribution in [0.1, 0.15) is 35.9 Å². The summed E-state index contributed by atoms with van der Waals surface area (Å²) < 4.78 is 5.45. The molecule has 2 N–H and O–H groups in total. The standard InChI is InChI=1S/C17H22N6O2S/c1-2-18-22-17-20-14(23-6-8-25-9-7-23)12-10-13(26-16(12)21-17)15(24)19-11-4-3-5-11/h2,10-11H,3-9H2,1H3,(H,19,24)(H,20,21,22)/b18-2+. The number of fused-ring (bicyclic) bond motifs is 1. The van der Waals surface area contributed by atoms with Crippen LogP contribution < -0.4 is 15.6 Å². The normalized spacial score (nSPS) is 18.3. The monoisotopic (exact) mass is 374 g/mol. The lowest BCUT2D eigenvalue weighted by atomic mass is 9.93. The van der Waals surface area contributed by atoms with Crippen molar-refractivity contribution in [1.29, 1.82) is 0 Å². The van der Waals surface area contributed by atoms with Crippen LogP contribution in [0.25, 0.3) is 10.2 Å². The fraction of sp³-hybridized carbons (Fsp3) is 0.529. The smallest absolute Gasteiger partial charge is 0.261 e. The predicted octanol–water partition coefficient (Wildman–Crippen LogP) is 2.23. The van der Waals surface area contributed by atoms with E-state index in [4.69, 9.17) is 4.74 Å². The number of anilines is 2. The average molecular weight is 374 g/mol. The fourth-order valence-corrected chi connectivity index (χ4v) is 3.94. The first kappa shape index (κ1) is 17.2. The Morgan fingerprint density at radius 2 is 2.19 bits per heavy atom. The van der Waals surface area contributed by atoms with Gasteiger partial charge in [-0.2, -0.15) is 10.1 Å². The Balaban J connectivity index is 1.69. The molecule has 1 saturated carbocycles. The number of carbonyl (C=O) groups is 1. The zero-order valence-electron chi connectivity index (χ0n) is 14.7. The summed E-state index contributed by atoms with van der Waals surface area (Å²) in [6.07, 6.45) is 4.97. The summed E-state index contributed by atoms with van der Waals surface area (Å²) in [6, 6.07) is 2.22. The number of hydrazone groups is 1. The number of amides is 1. The number of hydrogen-bond donors (Lipinski definition) is 2. The molecule has 2 fully saturated rings. The maximum absolute atomic E-state index is 12.5. The third-order valence-corrected chi connectivity index (χ3v) is 5.67. The molecule has 1 aliphatic carbocycles. The third-order valence-electron chi connectivity index (χ3n) is 4.64. The second-order valence-electron chi connectivity index (χ2n) is 6.40. The largest absolute Gasteiger partial charge is 0.378 e. The van der Waals surface area contributed by atoms with Gasteiger partial charge in [0.15, 0.2) is 0 Å². The van der Waals surface area contributed by atoms with E-state index in [0.717, 1.165) is 42.0 Å². The highest BCUT2D eigenvalue weighted by atomic mass is 32.1. The molecule has 4 rings (SSSR count). The molecule has 2 aromatic heterocycles. The van der Waals surface area contributed by atoms with Crippen molar-refractivity contribution < 1.29 is 9.53 Å². The van der Waals surface area contributed by atoms with Gasteiger partial charge in [0.2, 0.25) is 5.95 Å². The number of morpholine rings is 1. The number of aromatic nitrogens is 2. The molecule has 0 aromatic carbocycles. The molecule has 1 amide bonds. The maximum atomic E-state index is 12.5. The number of nitrogens with zero attached hydrogens (tertiary/aromatic N) is 4. The molecule has 138 valence electrons. The highest BCUT2D eigenvalue weighted by Gasteiger charge is 2.24. The zero-order valence-corrected chi connectivity index (χ0v) is 15.5. The molecule has 26 heavy (non-hydrogen) atoms. The van der Waals surface area contributed by atoms with Crippen LogP contribution in [0, 0.1) is 0 Å². The third kappa shape index (κ3) is 3.49. The number of ether oxygens (including phenoxy) is 1. The molecule has 3 heterocycles. The second-order valence-corrected chi connectivity index (χ2v) is 7.43. The molecule has 8 nitrogen and oxygen atoms in total. The summed E-state index contributed by atoms with van der Waals surface area (Å²) in [4.78, 5) is 25.3. The zero-order chi connectivity index (χ0) is 17.9. The van der Waals surface area contributed by atoms with Crippen LogP contribution in [0.3, 0.4) is 0 Å². The van der Waals surface area contributed by atoms with Gasteiger partial charge in [-0.3, -0.25) is 4.79 Å². The quantitative estimate of drug-likeness (QED) is 0.616. The van der Waals surface area contributed by atoms with Crippen molar-refractivity contribution in [3.05, 3.63) is 10.9 Å². The molecule has 1 aliphatic heterocycles.